The summed E-state index contributed by atoms with van der Waals surface area (Å²) in [5, 5.41) is 1.60. The summed E-state index contributed by atoms with van der Waals surface area (Å²) in [5.41, 5.74) is 8.74. The van der Waals surface area contributed by atoms with Gasteiger partial charge in [-0.1, -0.05) is 153 Å². The number of hydrogen-bond donors (Lipinski definition) is 0. The van der Waals surface area contributed by atoms with Crippen LogP contribution >= 0.6 is 23.2 Å². The van der Waals surface area contributed by atoms with Crippen LogP contribution in [0.5, 0.6) is 34.5 Å². The van der Waals surface area contributed by atoms with Crippen LogP contribution in [0, 0.1) is 41.9 Å². The Balaban J connectivity index is 0.000000136. The van der Waals surface area contributed by atoms with Crippen LogP contribution in [0.3, 0.4) is 0 Å². The van der Waals surface area contributed by atoms with Crippen molar-refractivity contribution >= 4 is 28.9 Å². The number of para-hydroxylation sites is 4. The van der Waals surface area contributed by atoms with Gasteiger partial charge in [0, 0.05) is 67.6 Å². The largest absolute Gasteiger partial charge is 0.493 e. The van der Waals surface area contributed by atoms with Gasteiger partial charge in [0.1, 0.15) is 41.1 Å². The van der Waals surface area contributed by atoms with E-state index in [2.05, 4.69) is 149 Å². The first-order valence-corrected chi connectivity index (χ1v) is 29.2. The van der Waals surface area contributed by atoms with Crippen LogP contribution in [-0.4, -0.2) is 52.2 Å². The lowest BCUT2D eigenvalue weighted by molar-refractivity contribution is 0.247. The molecule has 0 radical (unpaired) electrons. The number of benzene rings is 6. The second-order valence-electron chi connectivity index (χ2n) is 23.1. The van der Waals surface area contributed by atoms with E-state index in [-0.39, 0.29) is 0 Å². The molecule has 6 aromatic carbocycles. The molecule has 0 unspecified atom stereocenters. The Morgan fingerprint density at radius 3 is 1.26 bits per heavy atom. The van der Waals surface area contributed by atoms with Gasteiger partial charge in [0.25, 0.3) is 0 Å². The van der Waals surface area contributed by atoms with Gasteiger partial charge in [0.05, 0.1) is 45.3 Å². The van der Waals surface area contributed by atoms with Crippen LogP contribution < -0.4 is 33.3 Å². The van der Waals surface area contributed by atoms with Gasteiger partial charge in [-0.15, -0.1) is 6.42 Å². The third kappa shape index (κ3) is 15.2. The monoisotopic (exact) mass is 1090 g/mol. The van der Waals surface area contributed by atoms with Gasteiger partial charge in [0.2, 0.25) is 0 Å². The Hall–Kier alpha value is -5.94. The molecule has 0 aromatic heterocycles. The Labute approximate surface area is 478 Å². The molecule has 6 heterocycles. The van der Waals surface area contributed by atoms with Crippen molar-refractivity contribution < 1.29 is 28.4 Å². The van der Waals surface area contributed by atoms with E-state index in [0.717, 1.165) is 103 Å². The lowest BCUT2D eigenvalue weighted by atomic mass is 9.84. The van der Waals surface area contributed by atoms with Crippen molar-refractivity contribution in [1.29, 1.82) is 0 Å². The first-order chi connectivity index (χ1) is 37.4. The van der Waals surface area contributed by atoms with Crippen LogP contribution in [0.4, 0.5) is 5.69 Å². The van der Waals surface area contributed by atoms with E-state index < -0.39 is 0 Å². The van der Waals surface area contributed by atoms with Crippen LogP contribution in [0.2, 0.25) is 10.0 Å². The molecule has 0 N–H and O–H groups in total. The summed E-state index contributed by atoms with van der Waals surface area (Å²) in [6.45, 7) is 32.7. The summed E-state index contributed by atoms with van der Waals surface area (Å²) in [5.74, 6) is 14.9. The highest BCUT2D eigenvalue weighted by molar-refractivity contribution is 6.31. The fourth-order valence-corrected chi connectivity index (χ4v) is 11.3. The van der Waals surface area contributed by atoms with E-state index in [1.54, 1.807) is 0 Å². The maximum absolute atomic E-state index is 5.94. The highest BCUT2D eigenvalue weighted by Crippen LogP contribution is 2.43. The number of rotatable bonds is 6. The Morgan fingerprint density at radius 2 is 0.808 bits per heavy atom. The number of halogens is 2. The Bertz CT molecular complexity index is 2780. The number of nitrogens with zero attached hydrogens (tertiary/aromatic N) is 1. The number of fused-ring (bicyclic) bond motifs is 6. The normalized spacial score (nSPS) is 19.4. The molecule has 0 spiro atoms. The van der Waals surface area contributed by atoms with Gasteiger partial charge in [-0.25, -0.2) is 0 Å². The Kier molecular flexibility index (Phi) is 21.6. The molecular formula is C69H85Cl2NO6. The molecule has 5 atom stereocenters. The van der Waals surface area contributed by atoms with Crippen molar-refractivity contribution in [3.05, 3.63) is 171 Å². The third-order valence-electron chi connectivity index (χ3n) is 15.7. The van der Waals surface area contributed by atoms with E-state index in [1.165, 1.54) is 33.5 Å². The maximum atomic E-state index is 5.94. The first-order valence-electron chi connectivity index (χ1n) is 28.4. The lowest BCUT2D eigenvalue weighted by Crippen LogP contribution is -2.37. The van der Waals surface area contributed by atoms with Crippen LogP contribution in [-0.2, 0) is 0 Å². The summed E-state index contributed by atoms with van der Waals surface area (Å²) in [7, 11) is 0. The molecule has 0 saturated carbocycles. The minimum atomic E-state index is 0.508. The molecule has 0 aliphatic carbocycles. The van der Waals surface area contributed by atoms with Crippen molar-refractivity contribution in [2.24, 2.45) is 29.6 Å². The standard InChI is InChI=1S/C14H16O.2C11H13ClO.C11H15NO.2C11H14O/c1-4-11-5-6-13-12(10(2)3)7-8-15-14(13)9-11;2*1-7(2)10-6-13-11-4-3-8(12)5-9(10)11;1-9(2)12-7-8-13-11-6-4-3-5-10(11)12;2*1-8(2)10-7-12-11-6-4-3-5-9(10)11/h1,5-6,9-10,12H,7-8H2,2-3H3;2*3-5,7,10H,6H2,1-2H3;3-6,9H,7-8H2,1-2H3;2*3-6,8,10H,7H2,1-2H3/t12-;2*10-;;2*10-/m000.10/s1. The molecule has 6 aliphatic heterocycles. The molecule has 12 rings (SSSR count). The van der Waals surface area contributed by atoms with Gasteiger partial charge in [-0.05, 0) is 134 Å². The van der Waals surface area contributed by atoms with E-state index in [0.29, 0.717) is 65.2 Å². The fraction of sp³-hybridized carbons (Fsp3) is 0.449. The molecule has 0 fully saturated rings. The predicted octanol–water partition coefficient (Wildman–Crippen LogP) is 18.1. The quantitative estimate of drug-likeness (QED) is 0.154. The molecule has 6 aromatic rings. The zero-order chi connectivity index (χ0) is 56.0. The lowest BCUT2D eigenvalue weighted by Gasteiger charge is -2.34. The zero-order valence-electron chi connectivity index (χ0n) is 48.4. The number of hydrogen-bond acceptors (Lipinski definition) is 7. The molecule has 78 heavy (non-hydrogen) atoms. The van der Waals surface area contributed by atoms with Crippen molar-refractivity contribution in [1.82, 2.24) is 0 Å². The second kappa shape index (κ2) is 28.3. The van der Waals surface area contributed by atoms with Gasteiger partial charge in [0.15, 0.2) is 0 Å². The highest BCUT2D eigenvalue weighted by atomic mass is 35.5. The molecule has 0 amide bonds. The van der Waals surface area contributed by atoms with E-state index in [9.17, 15) is 0 Å². The molecule has 0 saturated heterocycles. The van der Waals surface area contributed by atoms with Crippen molar-refractivity contribution in [3.8, 4) is 46.8 Å². The third-order valence-corrected chi connectivity index (χ3v) is 16.2. The minimum Gasteiger partial charge on any atom is -0.493 e. The molecule has 6 aliphatic rings. The van der Waals surface area contributed by atoms with Crippen molar-refractivity contribution in [2.45, 2.75) is 125 Å². The number of anilines is 1. The highest BCUT2D eigenvalue weighted by Gasteiger charge is 2.30. The first kappa shape index (κ1) is 59.7. The van der Waals surface area contributed by atoms with Gasteiger partial charge in [-0.2, -0.15) is 0 Å². The average molecular weight is 1100 g/mol. The zero-order valence-corrected chi connectivity index (χ0v) is 49.9. The SMILES string of the molecule is C#Cc1ccc2c(c1)OCC[C@H]2C(C)C.CC(C)N1CCOc2ccccc21.CC(C)[C@@H]1COc2ccc(Cl)cc21.CC(C)[C@@H]1COc2ccc(Cl)cc21.CC(C)[C@@H]1COc2ccccc21.CC(C)[C@H]1COc2ccccc21. The topological polar surface area (TPSA) is 58.6 Å². The molecule has 416 valence electrons. The average Bonchev–Trinajstić information content (AvgIpc) is 4.27. The van der Waals surface area contributed by atoms with E-state index in [4.69, 9.17) is 58.0 Å². The second-order valence-corrected chi connectivity index (χ2v) is 23.9. The van der Waals surface area contributed by atoms with Crippen molar-refractivity contribution in [3.63, 3.8) is 0 Å². The summed E-state index contributed by atoms with van der Waals surface area (Å²) >= 11 is 11.9. The van der Waals surface area contributed by atoms with Crippen LogP contribution in [0.1, 0.15) is 152 Å². The van der Waals surface area contributed by atoms with Crippen LogP contribution in [0.15, 0.2) is 127 Å². The molecule has 9 heteroatoms. The number of terminal acetylenes is 1. The molecule has 0 bridgehead atoms. The summed E-state index contributed by atoms with van der Waals surface area (Å²) in [6.07, 6.45) is 6.48. The predicted molar refractivity (Wildman–Crippen MR) is 325 cm³/mol. The minimum absolute atomic E-state index is 0.508. The fourth-order valence-electron chi connectivity index (χ4n) is 10.9. The van der Waals surface area contributed by atoms with Gasteiger partial charge < -0.3 is 33.3 Å². The summed E-state index contributed by atoms with van der Waals surface area (Å²) in [6, 6.07) is 43.3. The summed E-state index contributed by atoms with van der Waals surface area (Å²) in [4.78, 5) is 2.37. The number of ether oxygens (including phenoxy) is 6. The van der Waals surface area contributed by atoms with Gasteiger partial charge in [-0.3, -0.25) is 0 Å². The Morgan fingerprint density at radius 1 is 0.410 bits per heavy atom. The van der Waals surface area contributed by atoms with Gasteiger partial charge >= 0.3 is 0 Å². The molecule has 7 nitrogen and oxygen atoms in total. The van der Waals surface area contributed by atoms with Crippen molar-refractivity contribution in [2.75, 3.05) is 51.1 Å². The van der Waals surface area contributed by atoms with E-state index >= 15 is 0 Å². The van der Waals surface area contributed by atoms with E-state index in [1.807, 2.05) is 72.8 Å². The maximum Gasteiger partial charge on any atom is 0.142 e. The smallest absolute Gasteiger partial charge is 0.142 e. The molecular weight excluding hydrogens is 1010 g/mol. The summed E-state index contributed by atoms with van der Waals surface area (Å²) < 4.78 is 33.5. The van der Waals surface area contributed by atoms with Crippen LogP contribution in [0.25, 0.3) is 0 Å².